The molecule has 0 aromatic heterocycles. The molecule has 0 heterocycles. The van der Waals surface area contributed by atoms with Gasteiger partial charge in [-0.25, -0.2) is 0 Å². The molecule has 2 N–H and O–H groups in total. The van der Waals surface area contributed by atoms with Gasteiger partial charge in [-0.15, -0.1) is 24.0 Å². The lowest BCUT2D eigenvalue weighted by atomic mass is 10.2. The van der Waals surface area contributed by atoms with Crippen molar-refractivity contribution in [2.24, 2.45) is 4.99 Å². The second-order valence-electron chi connectivity index (χ2n) is 5.05. The van der Waals surface area contributed by atoms with Gasteiger partial charge in [0.2, 0.25) is 0 Å². The van der Waals surface area contributed by atoms with Crippen molar-refractivity contribution in [3.63, 3.8) is 0 Å². The molecule has 0 aliphatic carbocycles. The number of thioether (sulfide) groups is 1. The molecule has 1 rings (SSSR count). The number of nitrogens with zero attached hydrogens (tertiary/aromatic N) is 1. The molecule has 1 aromatic rings. The third-order valence-corrected chi connectivity index (χ3v) is 3.75. The van der Waals surface area contributed by atoms with Crippen LogP contribution in [0, 0.1) is 6.92 Å². The Morgan fingerprint density at radius 3 is 2.57 bits per heavy atom. The van der Waals surface area contributed by atoms with Gasteiger partial charge in [0.25, 0.3) is 0 Å². The summed E-state index contributed by atoms with van der Waals surface area (Å²) in [5, 5.41) is 6.56. The second kappa shape index (κ2) is 14.9. The van der Waals surface area contributed by atoms with Crippen molar-refractivity contribution in [3.05, 3.63) is 29.8 Å². The lowest BCUT2D eigenvalue weighted by Crippen LogP contribution is -2.39. The van der Waals surface area contributed by atoms with Gasteiger partial charge in [0, 0.05) is 13.1 Å². The molecule has 0 atom stereocenters. The smallest absolute Gasteiger partial charge is 0.191 e. The van der Waals surface area contributed by atoms with Crippen LogP contribution in [0.1, 0.15) is 25.3 Å². The molecule has 6 heteroatoms. The molecule has 0 radical (unpaired) electrons. The molecule has 0 spiro atoms. The number of halogens is 1. The molecule has 4 nitrogen and oxygen atoms in total. The van der Waals surface area contributed by atoms with Gasteiger partial charge < -0.3 is 15.4 Å². The average molecular weight is 451 g/mol. The van der Waals surface area contributed by atoms with E-state index in [4.69, 9.17) is 4.74 Å². The quantitative estimate of drug-likeness (QED) is 0.247. The first-order valence-corrected chi connectivity index (χ1v) is 9.36. The fourth-order valence-electron chi connectivity index (χ4n) is 1.86. The van der Waals surface area contributed by atoms with Crippen molar-refractivity contribution in [1.29, 1.82) is 0 Å². The van der Waals surface area contributed by atoms with Gasteiger partial charge in [-0.3, -0.25) is 4.99 Å². The number of rotatable bonds is 10. The first-order chi connectivity index (χ1) is 10.8. The number of unbranched alkanes of at least 4 members (excludes halogenated alkanes) is 1. The maximum absolute atomic E-state index is 5.70. The first-order valence-electron chi connectivity index (χ1n) is 7.97. The van der Waals surface area contributed by atoms with Crippen LogP contribution in [0.4, 0.5) is 0 Å². The number of nitrogens with one attached hydrogen (secondary N) is 2. The van der Waals surface area contributed by atoms with Gasteiger partial charge in [0.1, 0.15) is 12.4 Å². The summed E-state index contributed by atoms with van der Waals surface area (Å²) in [7, 11) is 0. The topological polar surface area (TPSA) is 45.7 Å². The van der Waals surface area contributed by atoms with Gasteiger partial charge in [0.05, 0.1) is 6.54 Å². The molecule has 0 aliphatic rings. The summed E-state index contributed by atoms with van der Waals surface area (Å²) in [6.45, 7) is 7.26. The van der Waals surface area contributed by atoms with Crippen LogP contribution in [0.2, 0.25) is 0 Å². The normalized spacial score (nSPS) is 10.8. The van der Waals surface area contributed by atoms with Crippen LogP contribution in [0.15, 0.2) is 29.3 Å². The lowest BCUT2D eigenvalue weighted by molar-refractivity contribution is 0.322. The molecule has 1 aromatic carbocycles. The van der Waals surface area contributed by atoms with Crippen LogP contribution in [-0.2, 0) is 0 Å². The minimum absolute atomic E-state index is 0. The maximum Gasteiger partial charge on any atom is 0.191 e. The SMILES string of the molecule is CCNC(=NCCCCSC)NCCOc1ccc(C)cc1.I. The van der Waals surface area contributed by atoms with E-state index in [1.54, 1.807) is 0 Å². The van der Waals surface area contributed by atoms with Crippen molar-refractivity contribution >= 4 is 41.7 Å². The fraction of sp³-hybridized carbons (Fsp3) is 0.588. The number of hydrogen-bond donors (Lipinski definition) is 2. The molecule has 0 saturated heterocycles. The minimum Gasteiger partial charge on any atom is -0.492 e. The summed E-state index contributed by atoms with van der Waals surface area (Å²) in [6.07, 6.45) is 4.50. The second-order valence-corrected chi connectivity index (χ2v) is 6.03. The third kappa shape index (κ3) is 11.5. The van der Waals surface area contributed by atoms with E-state index in [1.807, 2.05) is 23.9 Å². The minimum atomic E-state index is 0. The summed E-state index contributed by atoms with van der Waals surface area (Å²) >= 11 is 1.89. The monoisotopic (exact) mass is 451 g/mol. The van der Waals surface area contributed by atoms with Gasteiger partial charge >= 0.3 is 0 Å². The Morgan fingerprint density at radius 2 is 1.91 bits per heavy atom. The van der Waals surface area contributed by atoms with Crippen LogP contribution >= 0.6 is 35.7 Å². The molecular weight excluding hydrogens is 421 g/mol. The highest BCUT2D eigenvalue weighted by Gasteiger charge is 1.97. The van der Waals surface area contributed by atoms with E-state index in [0.29, 0.717) is 6.61 Å². The van der Waals surface area contributed by atoms with Crippen LogP contribution in [0.25, 0.3) is 0 Å². The predicted octanol–water partition coefficient (Wildman–Crippen LogP) is 3.69. The predicted molar refractivity (Wildman–Crippen MR) is 114 cm³/mol. The summed E-state index contributed by atoms with van der Waals surface area (Å²) in [5.41, 5.74) is 1.24. The van der Waals surface area contributed by atoms with E-state index in [-0.39, 0.29) is 24.0 Å². The summed E-state index contributed by atoms with van der Waals surface area (Å²) in [4.78, 5) is 4.57. The largest absolute Gasteiger partial charge is 0.492 e. The number of benzene rings is 1. The zero-order valence-corrected chi connectivity index (χ0v) is 17.6. The molecule has 23 heavy (non-hydrogen) atoms. The van der Waals surface area contributed by atoms with Crippen LogP contribution in [-0.4, -0.2) is 44.2 Å². The Bertz CT molecular complexity index is 426. The molecule has 0 amide bonds. The first kappa shape index (κ1) is 22.4. The standard InChI is InChI=1S/C17H29N3OS.HI/c1-4-18-17(19-11-5-6-14-22-3)20-12-13-21-16-9-7-15(2)8-10-16;/h7-10H,4-6,11-14H2,1-3H3,(H2,18,19,20);1H. The molecule has 0 aliphatic heterocycles. The van der Waals surface area contributed by atoms with Crippen LogP contribution in [0.3, 0.4) is 0 Å². The van der Waals surface area contributed by atoms with E-state index in [2.05, 4.69) is 47.9 Å². The number of aliphatic imine (C=N–C) groups is 1. The number of aryl methyl sites for hydroxylation is 1. The van der Waals surface area contributed by atoms with E-state index in [9.17, 15) is 0 Å². The highest BCUT2D eigenvalue weighted by Crippen LogP contribution is 2.10. The van der Waals surface area contributed by atoms with E-state index in [0.717, 1.165) is 37.8 Å². The number of ether oxygens (including phenoxy) is 1. The van der Waals surface area contributed by atoms with Crippen molar-refractivity contribution in [1.82, 2.24) is 10.6 Å². The highest BCUT2D eigenvalue weighted by atomic mass is 127. The van der Waals surface area contributed by atoms with Gasteiger partial charge in [-0.2, -0.15) is 11.8 Å². The zero-order valence-electron chi connectivity index (χ0n) is 14.4. The van der Waals surface area contributed by atoms with Gasteiger partial charge in [-0.05, 0) is 50.8 Å². The summed E-state index contributed by atoms with van der Waals surface area (Å²) in [6, 6.07) is 8.12. The van der Waals surface area contributed by atoms with Gasteiger partial charge in [0.15, 0.2) is 5.96 Å². The lowest BCUT2D eigenvalue weighted by Gasteiger charge is -2.12. The van der Waals surface area contributed by atoms with Crippen LogP contribution < -0.4 is 15.4 Å². The van der Waals surface area contributed by atoms with Crippen molar-refractivity contribution in [2.45, 2.75) is 26.7 Å². The molecule has 0 bridgehead atoms. The van der Waals surface area contributed by atoms with E-state index in [1.165, 1.54) is 17.7 Å². The van der Waals surface area contributed by atoms with E-state index < -0.39 is 0 Å². The molecule has 0 fully saturated rings. The summed E-state index contributed by atoms with van der Waals surface area (Å²) in [5.74, 6) is 3.00. The Labute approximate surface area is 162 Å². The Morgan fingerprint density at radius 1 is 1.17 bits per heavy atom. The fourth-order valence-corrected chi connectivity index (χ4v) is 2.36. The number of guanidine groups is 1. The Kier molecular flexibility index (Phi) is 14.5. The molecule has 0 saturated carbocycles. The van der Waals surface area contributed by atoms with Crippen molar-refractivity contribution in [2.75, 3.05) is 38.2 Å². The maximum atomic E-state index is 5.70. The zero-order chi connectivity index (χ0) is 16.0. The third-order valence-electron chi connectivity index (χ3n) is 3.05. The molecular formula is C17H30IN3OS. The van der Waals surface area contributed by atoms with Crippen molar-refractivity contribution < 1.29 is 4.74 Å². The molecule has 132 valence electrons. The van der Waals surface area contributed by atoms with Crippen LogP contribution in [0.5, 0.6) is 5.75 Å². The Balaban J connectivity index is 0.00000484. The van der Waals surface area contributed by atoms with Crippen molar-refractivity contribution in [3.8, 4) is 5.75 Å². The highest BCUT2D eigenvalue weighted by molar-refractivity contribution is 14.0. The average Bonchev–Trinajstić information content (AvgIpc) is 2.53. The number of hydrogen-bond acceptors (Lipinski definition) is 3. The molecule has 0 unspecified atom stereocenters. The Hall–Kier alpha value is -0.630. The van der Waals surface area contributed by atoms with Gasteiger partial charge in [-0.1, -0.05) is 17.7 Å². The summed E-state index contributed by atoms with van der Waals surface area (Å²) < 4.78 is 5.70. The van der Waals surface area contributed by atoms with E-state index >= 15 is 0 Å².